The van der Waals surface area contributed by atoms with Crippen LogP contribution in [0.1, 0.15) is 24.5 Å². The van der Waals surface area contributed by atoms with Crippen LogP contribution in [-0.4, -0.2) is 5.11 Å². The molecule has 0 aromatic heterocycles. The SMILES string of the molecule is OC(c1c(F)c(F)c(F)c(F)c1F)C1CC1. The van der Waals surface area contributed by atoms with Gasteiger partial charge in [0.25, 0.3) is 0 Å². The second-order valence-electron chi connectivity index (χ2n) is 3.77. The molecule has 88 valence electrons. The number of benzene rings is 1. The van der Waals surface area contributed by atoms with Gasteiger partial charge in [0, 0.05) is 0 Å². The molecule has 1 atom stereocenters. The first kappa shape index (κ1) is 11.3. The monoisotopic (exact) mass is 238 g/mol. The Kier molecular flexibility index (Phi) is 2.61. The Morgan fingerprint density at radius 2 is 1.19 bits per heavy atom. The fourth-order valence-corrected chi connectivity index (χ4v) is 1.53. The highest BCUT2D eigenvalue weighted by molar-refractivity contribution is 5.27. The van der Waals surface area contributed by atoms with Gasteiger partial charge in [0.15, 0.2) is 23.3 Å². The summed E-state index contributed by atoms with van der Waals surface area (Å²) < 4.78 is 64.5. The Morgan fingerprint density at radius 1 is 0.812 bits per heavy atom. The van der Waals surface area contributed by atoms with Crippen LogP contribution in [0.2, 0.25) is 0 Å². The third-order valence-corrected chi connectivity index (χ3v) is 2.61. The largest absolute Gasteiger partial charge is 0.388 e. The average molecular weight is 238 g/mol. The van der Waals surface area contributed by atoms with Gasteiger partial charge in [0.2, 0.25) is 5.82 Å². The smallest absolute Gasteiger partial charge is 0.200 e. The summed E-state index contributed by atoms with van der Waals surface area (Å²) >= 11 is 0. The molecule has 2 rings (SSSR count). The Labute approximate surface area is 87.5 Å². The fourth-order valence-electron chi connectivity index (χ4n) is 1.53. The lowest BCUT2D eigenvalue weighted by molar-refractivity contribution is 0.140. The van der Waals surface area contributed by atoms with E-state index in [0.717, 1.165) is 0 Å². The van der Waals surface area contributed by atoms with Gasteiger partial charge in [-0.15, -0.1) is 0 Å². The van der Waals surface area contributed by atoms with E-state index in [0.29, 0.717) is 12.8 Å². The second-order valence-corrected chi connectivity index (χ2v) is 3.77. The molecule has 1 nitrogen and oxygen atoms in total. The lowest BCUT2D eigenvalue weighted by Crippen LogP contribution is -2.12. The van der Waals surface area contributed by atoms with Crippen LogP contribution in [0.4, 0.5) is 22.0 Å². The minimum absolute atomic E-state index is 0.423. The third-order valence-electron chi connectivity index (χ3n) is 2.61. The molecule has 0 saturated heterocycles. The number of hydrogen-bond acceptors (Lipinski definition) is 1. The van der Waals surface area contributed by atoms with Crippen molar-refractivity contribution >= 4 is 0 Å². The Morgan fingerprint density at radius 3 is 1.56 bits per heavy atom. The molecular weight excluding hydrogens is 231 g/mol. The highest BCUT2D eigenvalue weighted by Crippen LogP contribution is 2.43. The standard InChI is InChI=1S/C10H7F5O/c11-5-4(10(16)3-1-2-3)6(12)8(14)9(15)7(5)13/h3,10,16H,1-2H2. The van der Waals surface area contributed by atoms with E-state index in [1.165, 1.54) is 0 Å². The molecule has 0 amide bonds. The summed E-state index contributed by atoms with van der Waals surface area (Å²) in [6.45, 7) is 0. The maximum Gasteiger partial charge on any atom is 0.200 e. The average Bonchev–Trinajstić information content (AvgIpc) is 3.07. The molecule has 0 spiro atoms. The zero-order valence-corrected chi connectivity index (χ0v) is 7.91. The van der Waals surface area contributed by atoms with Crippen molar-refractivity contribution in [1.29, 1.82) is 0 Å². The molecule has 1 saturated carbocycles. The molecule has 0 bridgehead atoms. The van der Waals surface area contributed by atoms with E-state index >= 15 is 0 Å². The molecule has 1 unspecified atom stereocenters. The molecule has 1 aromatic carbocycles. The minimum Gasteiger partial charge on any atom is -0.388 e. The molecule has 16 heavy (non-hydrogen) atoms. The lowest BCUT2D eigenvalue weighted by Gasteiger charge is -2.13. The molecular formula is C10H7F5O. The summed E-state index contributed by atoms with van der Waals surface area (Å²) in [7, 11) is 0. The van der Waals surface area contributed by atoms with Crippen molar-refractivity contribution in [3.8, 4) is 0 Å². The first-order valence-electron chi connectivity index (χ1n) is 4.64. The van der Waals surface area contributed by atoms with Crippen LogP contribution in [0.15, 0.2) is 0 Å². The number of aliphatic hydroxyl groups is 1. The molecule has 0 radical (unpaired) electrons. The Bertz CT molecular complexity index is 412. The van der Waals surface area contributed by atoms with Crippen molar-refractivity contribution in [2.75, 3.05) is 0 Å². The Hall–Kier alpha value is -1.17. The maximum atomic E-state index is 13.2. The van der Waals surface area contributed by atoms with E-state index in [1.807, 2.05) is 0 Å². The maximum absolute atomic E-state index is 13.2. The second kappa shape index (κ2) is 3.69. The van der Waals surface area contributed by atoms with E-state index < -0.39 is 46.7 Å². The molecule has 6 heteroatoms. The highest BCUT2D eigenvalue weighted by Gasteiger charge is 2.37. The van der Waals surface area contributed by atoms with Crippen molar-refractivity contribution < 1.29 is 27.1 Å². The molecule has 0 aliphatic heterocycles. The highest BCUT2D eigenvalue weighted by atomic mass is 19.2. The van der Waals surface area contributed by atoms with E-state index in [2.05, 4.69) is 0 Å². The molecule has 1 aromatic rings. The quantitative estimate of drug-likeness (QED) is 0.477. The zero-order valence-electron chi connectivity index (χ0n) is 7.91. The third kappa shape index (κ3) is 1.57. The van der Waals surface area contributed by atoms with Crippen molar-refractivity contribution in [3.05, 3.63) is 34.6 Å². The summed E-state index contributed by atoms with van der Waals surface area (Å²) in [6.07, 6.45) is -0.606. The van der Waals surface area contributed by atoms with Crippen LogP contribution in [0, 0.1) is 35.0 Å². The molecule has 1 fully saturated rings. The van der Waals surface area contributed by atoms with Gasteiger partial charge in [-0.25, -0.2) is 22.0 Å². The van der Waals surface area contributed by atoms with Crippen LogP contribution in [-0.2, 0) is 0 Å². The van der Waals surface area contributed by atoms with Gasteiger partial charge >= 0.3 is 0 Å². The topological polar surface area (TPSA) is 20.2 Å². The van der Waals surface area contributed by atoms with Crippen molar-refractivity contribution in [1.82, 2.24) is 0 Å². The number of halogens is 5. The first-order valence-corrected chi connectivity index (χ1v) is 4.64. The first-order chi connectivity index (χ1) is 7.45. The number of rotatable bonds is 2. The normalized spacial score (nSPS) is 17.6. The van der Waals surface area contributed by atoms with Gasteiger partial charge in [0.1, 0.15) is 0 Å². The van der Waals surface area contributed by atoms with E-state index in [1.54, 1.807) is 0 Å². The van der Waals surface area contributed by atoms with Crippen LogP contribution in [0.3, 0.4) is 0 Å². The molecule has 1 aliphatic carbocycles. The minimum atomic E-state index is -2.21. The van der Waals surface area contributed by atoms with Crippen LogP contribution < -0.4 is 0 Å². The van der Waals surface area contributed by atoms with Crippen molar-refractivity contribution in [2.45, 2.75) is 18.9 Å². The molecule has 1 aliphatic rings. The lowest BCUT2D eigenvalue weighted by atomic mass is 10.0. The van der Waals surface area contributed by atoms with E-state index in [-0.39, 0.29) is 0 Å². The van der Waals surface area contributed by atoms with Crippen molar-refractivity contribution in [2.24, 2.45) is 5.92 Å². The number of aliphatic hydroxyl groups excluding tert-OH is 1. The summed E-state index contributed by atoms with van der Waals surface area (Å²) in [5.41, 5.74) is -1.13. The van der Waals surface area contributed by atoms with E-state index in [9.17, 15) is 27.1 Å². The van der Waals surface area contributed by atoms with Crippen LogP contribution in [0.5, 0.6) is 0 Å². The predicted octanol–water partition coefficient (Wildman–Crippen LogP) is 2.83. The molecule has 0 heterocycles. The zero-order chi connectivity index (χ0) is 12.0. The van der Waals surface area contributed by atoms with Gasteiger partial charge in [-0.1, -0.05) is 0 Å². The van der Waals surface area contributed by atoms with Gasteiger partial charge in [-0.2, -0.15) is 0 Å². The summed E-state index contributed by atoms with van der Waals surface area (Å²) in [5, 5.41) is 9.43. The summed E-state index contributed by atoms with van der Waals surface area (Å²) in [4.78, 5) is 0. The summed E-state index contributed by atoms with van der Waals surface area (Å²) in [5.74, 6) is -10.6. The van der Waals surface area contributed by atoms with Crippen molar-refractivity contribution in [3.63, 3.8) is 0 Å². The van der Waals surface area contributed by atoms with Gasteiger partial charge in [0.05, 0.1) is 11.7 Å². The van der Waals surface area contributed by atoms with Crippen LogP contribution >= 0.6 is 0 Å². The van der Waals surface area contributed by atoms with E-state index in [4.69, 9.17) is 0 Å². The summed E-state index contributed by atoms with van der Waals surface area (Å²) in [6, 6.07) is 0. The van der Waals surface area contributed by atoms with Gasteiger partial charge < -0.3 is 5.11 Å². The fraction of sp³-hybridized carbons (Fsp3) is 0.400. The van der Waals surface area contributed by atoms with Crippen LogP contribution in [0.25, 0.3) is 0 Å². The number of hydrogen-bond donors (Lipinski definition) is 1. The molecule has 1 N–H and O–H groups in total. The Balaban J connectivity index is 2.59. The predicted molar refractivity (Wildman–Crippen MR) is 43.9 cm³/mol. The van der Waals surface area contributed by atoms with Gasteiger partial charge in [-0.3, -0.25) is 0 Å². The van der Waals surface area contributed by atoms with Gasteiger partial charge in [-0.05, 0) is 18.8 Å².